The SMILES string of the molecule is CCCC(CC)N1CCNC(C(C)C)C1. The monoisotopic (exact) mass is 212 g/mol. The summed E-state index contributed by atoms with van der Waals surface area (Å²) in [6.07, 6.45) is 3.98. The van der Waals surface area contributed by atoms with Crippen molar-refractivity contribution in [2.24, 2.45) is 5.92 Å². The molecule has 2 nitrogen and oxygen atoms in total. The highest BCUT2D eigenvalue weighted by Crippen LogP contribution is 2.16. The Kier molecular flexibility index (Phi) is 5.62. The standard InChI is InChI=1S/C13H28N2/c1-5-7-12(6-2)15-9-8-14-13(10-15)11(3)4/h11-14H,5-10H2,1-4H3. The van der Waals surface area contributed by atoms with Crippen molar-refractivity contribution in [3.05, 3.63) is 0 Å². The fraction of sp³-hybridized carbons (Fsp3) is 1.00. The van der Waals surface area contributed by atoms with Gasteiger partial charge in [0.25, 0.3) is 0 Å². The Labute approximate surface area is 95.4 Å². The first-order valence-electron chi connectivity index (χ1n) is 6.66. The molecule has 0 spiro atoms. The van der Waals surface area contributed by atoms with E-state index in [4.69, 9.17) is 0 Å². The maximum atomic E-state index is 3.63. The van der Waals surface area contributed by atoms with Crippen molar-refractivity contribution in [2.75, 3.05) is 19.6 Å². The smallest absolute Gasteiger partial charge is 0.0218 e. The first kappa shape index (κ1) is 13.0. The van der Waals surface area contributed by atoms with E-state index in [1.165, 1.54) is 38.9 Å². The zero-order chi connectivity index (χ0) is 11.3. The van der Waals surface area contributed by atoms with E-state index in [0.717, 1.165) is 12.0 Å². The molecular formula is C13H28N2. The van der Waals surface area contributed by atoms with Crippen LogP contribution < -0.4 is 5.32 Å². The van der Waals surface area contributed by atoms with Crippen LogP contribution in [0.1, 0.15) is 47.0 Å². The minimum Gasteiger partial charge on any atom is -0.311 e. The number of piperazine rings is 1. The van der Waals surface area contributed by atoms with Crippen LogP contribution in [0.2, 0.25) is 0 Å². The fourth-order valence-electron chi connectivity index (χ4n) is 2.56. The number of nitrogens with one attached hydrogen (secondary N) is 1. The average Bonchev–Trinajstić information content (AvgIpc) is 2.26. The number of hydrogen-bond donors (Lipinski definition) is 1. The number of rotatable bonds is 5. The van der Waals surface area contributed by atoms with Gasteiger partial charge in [0.15, 0.2) is 0 Å². The second kappa shape index (κ2) is 6.49. The summed E-state index contributed by atoms with van der Waals surface area (Å²) in [6, 6.07) is 1.52. The van der Waals surface area contributed by atoms with Crippen LogP contribution in [0.5, 0.6) is 0 Å². The van der Waals surface area contributed by atoms with E-state index in [1.807, 2.05) is 0 Å². The Hall–Kier alpha value is -0.0800. The van der Waals surface area contributed by atoms with Crippen molar-refractivity contribution in [3.8, 4) is 0 Å². The van der Waals surface area contributed by atoms with Gasteiger partial charge in [0.1, 0.15) is 0 Å². The Morgan fingerprint density at radius 3 is 2.60 bits per heavy atom. The van der Waals surface area contributed by atoms with Gasteiger partial charge in [-0.3, -0.25) is 4.90 Å². The molecule has 0 bridgehead atoms. The summed E-state index contributed by atoms with van der Waals surface area (Å²) in [6.45, 7) is 12.9. The van der Waals surface area contributed by atoms with E-state index in [0.29, 0.717) is 6.04 Å². The molecule has 2 unspecified atom stereocenters. The van der Waals surface area contributed by atoms with Gasteiger partial charge >= 0.3 is 0 Å². The third-order valence-electron chi connectivity index (χ3n) is 3.65. The van der Waals surface area contributed by atoms with Crippen LogP contribution in [0, 0.1) is 5.92 Å². The van der Waals surface area contributed by atoms with Crippen molar-refractivity contribution < 1.29 is 0 Å². The second-order valence-corrected chi connectivity index (χ2v) is 5.15. The summed E-state index contributed by atoms with van der Waals surface area (Å²) in [4.78, 5) is 2.70. The van der Waals surface area contributed by atoms with Crippen molar-refractivity contribution in [2.45, 2.75) is 59.0 Å². The molecule has 1 aliphatic rings. The molecule has 1 rings (SSSR count). The molecule has 0 saturated carbocycles. The van der Waals surface area contributed by atoms with Crippen molar-refractivity contribution in [3.63, 3.8) is 0 Å². The van der Waals surface area contributed by atoms with Gasteiger partial charge in [0.05, 0.1) is 0 Å². The van der Waals surface area contributed by atoms with Gasteiger partial charge in [-0.2, -0.15) is 0 Å². The fourth-order valence-corrected chi connectivity index (χ4v) is 2.56. The summed E-state index contributed by atoms with van der Waals surface area (Å²) in [5, 5.41) is 3.63. The molecule has 1 saturated heterocycles. The van der Waals surface area contributed by atoms with Gasteiger partial charge in [-0.25, -0.2) is 0 Å². The summed E-state index contributed by atoms with van der Waals surface area (Å²) >= 11 is 0. The van der Waals surface area contributed by atoms with E-state index >= 15 is 0 Å². The number of hydrogen-bond acceptors (Lipinski definition) is 2. The van der Waals surface area contributed by atoms with E-state index in [-0.39, 0.29) is 0 Å². The topological polar surface area (TPSA) is 15.3 Å². The van der Waals surface area contributed by atoms with Gasteiger partial charge < -0.3 is 5.32 Å². The molecule has 90 valence electrons. The van der Waals surface area contributed by atoms with Gasteiger partial charge in [0.2, 0.25) is 0 Å². The first-order valence-corrected chi connectivity index (χ1v) is 6.66. The normalized spacial score (nSPS) is 25.8. The molecule has 0 radical (unpaired) electrons. The van der Waals surface area contributed by atoms with Crippen LogP contribution >= 0.6 is 0 Å². The molecule has 0 aliphatic carbocycles. The van der Waals surface area contributed by atoms with E-state index in [9.17, 15) is 0 Å². The van der Waals surface area contributed by atoms with Gasteiger partial charge in [0, 0.05) is 31.7 Å². The lowest BCUT2D eigenvalue weighted by Crippen LogP contribution is -2.55. The Bertz CT molecular complexity index is 168. The molecule has 1 aliphatic heterocycles. The van der Waals surface area contributed by atoms with Crippen LogP contribution in [0.25, 0.3) is 0 Å². The predicted octanol–water partition coefficient (Wildman–Crippen LogP) is 2.49. The van der Waals surface area contributed by atoms with Crippen LogP contribution in [-0.2, 0) is 0 Å². The summed E-state index contributed by atoms with van der Waals surface area (Å²) in [7, 11) is 0. The maximum absolute atomic E-state index is 3.63. The Balaban J connectivity index is 2.46. The zero-order valence-corrected chi connectivity index (χ0v) is 10.9. The largest absolute Gasteiger partial charge is 0.311 e. The molecule has 15 heavy (non-hydrogen) atoms. The van der Waals surface area contributed by atoms with Crippen LogP contribution in [0.3, 0.4) is 0 Å². The molecular weight excluding hydrogens is 184 g/mol. The Morgan fingerprint density at radius 2 is 2.07 bits per heavy atom. The maximum Gasteiger partial charge on any atom is 0.0218 e. The Morgan fingerprint density at radius 1 is 1.33 bits per heavy atom. The molecule has 0 aromatic carbocycles. The van der Waals surface area contributed by atoms with Gasteiger partial charge in [-0.15, -0.1) is 0 Å². The summed E-state index contributed by atoms with van der Waals surface area (Å²) in [5.74, 6) is 0.756. The van der Waals surface area contributed by atoms with Gasteiger partial charge in [-0.05, 0) is 18.8 Å². The minimum atomic E-state index is 0.699. The van der Waals surface area contributed by atoms with E-state index in [1.54, 1.807) is 0 Å². The molecule has 1 N–H and O–H groups in total. The second-order valence-electron chi connectivity index (χ2n) is 5.15. The van der Waals surface area contributed by atoms with Crippen LogP contribution in [-0.4, -0.2) is 36.6 Å². The third-order valence-corrected chi connectivity index (χ3v) is 3.65. The van der Waals surface area contributed by atoms with Crippen molar-refractivity contribution >= 4 is 0 Å². The van der Waals surface area contributed by atoms with Crippen molar-refractivity contribution in [1.82, 2.24) is 10.2 Å². The minimum absolute atomic E-state index is 0.699. The molecule has 0 aromatic heterocycles. The highest BCUT2D eigenvalue weighted by molar-refractivity contribution is 4.84. The van der Waals surface area contributed by atoms with Crippen LogP contribution in [0.15, 0.2) is 0 Å². The van der Waals surface area contributed by atoms with Crippen molar-refractivity contribution in [1.29, 1.82) is 0 Å². The quantitative estimate of drug-likeness (QED) is 0.753. The lowest BCUT2D eigenvalue weighted by Gasteiger charge is -2.40. The van der Waals surface area contributed by atoms with E-state index in [2.05, 4.69) is 37.9 Å². The van der Waals surface area contributed by atoms with E-state index < -0.39 is 0 Å². The molecule has 1 fully saturated rings. The lowest BCUT2D eigenvalue weighted by molar-refractivity contribution is 0.117. The zero-order valence-electron chi connectivity index (χ0n) is 10.9. The summed E-state index contributed by atoms with van der Waals surface area (Å²) in [5.41, 5.74) is 0. The highest BCUT2D eigenvalue weighted by atomic mass is 15.2. The van der Waals surface area contributed by atoms with Gasteiger partial charge in [-0.1, -0.05) is 34.1 Å². The first-order chi connectivity index (χ1) is 7.19. The molecule has 0 amide bonds. The lowest BCUT2D eigenvalue weighted by atomic mass is 9.99. The number of nitrogens with zero attached hydrogens (tertiary/aromatic N) is 1. The molecule has 2 heteroatoms. The molecule has 1 heterocycles. The molecule has 2 atom stereocenters. The predicted molar refractivity (Wildman–Crippen MR) is 67.2 cm³/mol. The summed E-state index contributed by atoms with van der Waals surface area (Å²) < 4.78 is 0. The van der Waals surface area contributed by atoms with Crippen LogP contribution in [0.4, 0.5) is 0 Å². The molecule has 0 aromatic rings. The third kappa shape index (κ3) is 3.76. The highest BCUT2D eigenvalue weighted by Gasteiger charge is 2.25. The average molecular weight is 212 g/mol.